The number of benzene rings is 10. The average molecular weight is 987 g/mol. The Morgan fingerprint density at radius 3 is 1.84 bits per heavy atom. The van der Waals surface area contributed by atoms with Crippen molar-refractivity contribution in [3.63, 3.8) is 0 Å². The molecule has 3 aliphatic rings. The van der Waals surface area contributed by atoms with E-state index < -0.39 is 0 Å². The van der Waals surface area contributed by atoms with Crippen LogP contribution in [0.15, 0.2) is 242 Å². The molecule has 0 N–H and O–H groups in total. The molecule has 2 heterocycles. The third-order valence-corrected chi connectivity index (χ3v) is 16.9. The van der Waals surface area contributed by atoms with Gasteiger partial charge in [-0.15, -0.1) is 0 Å². The van der Waals surface area contributed by atoms with E-state index >= 15 is 0 Å². The van der Waals surface area contributed by atoms with E-state index in [1.165, 1.54) is 82.8 Å². The Labute approximate surface area is 449 Å². The minimum absolute atomic E-state index is 0.253. The minimum atomic E-state index is -0.253. The molecule has 0 bridgehead atoms. The highest BCUT2D eigenvalue weighted by molar-refractivity contribution is 6.13. The van der Waals surface area contributed by atoms with Crippen LogP contribution in [0.4, 0.5) is 0 Å². The van der Waals surface area contributed by atoms with Crippen LogP contribution >= 0.6 is 0 Å². The molecular weight excluding hydrogens is 933 g/mol. The number of allylic oxidation sites excluding steroid dienone is 4. The fourth-order valence-corrected chi connectivity index (χ4v) is 13.1. The summed E-state index contributed by atoms with van der Waals surface area (Å²) in [5.41, 5.74) is 22.9. The highest BCUT2D eigenvalue weighted by Crippen LogP contribution is 2.54. The number of aromatic nitrogens is 4. The molecule has 10 aromatic carbocycles. The Kier molecular flexibility index (Phi) is 10.5. The predicted octanol–water partition coefficient (Wildman–Crippen LogP) is 18.7. The second-order valence-corrected chi connectivity index (χ2v) is 21.7. The first kappa shape index (κ1) is 45.2. The first-order chi connectivity index (χ1) is 37.9. The number of hydrogen-bond donors (Lipinski definition) is 0. The van der Waals surface area contributed by atoms with Gasteiger partial charge in [-0.2, -0.15) is 0 Å². The third-order valence-electron chi connectivity index (χ3n) is 16.9. The Hall–Kier alpha value is -9.25. The van der Waals surface area contributed by atoms with Gasteiger partial charge < -0.3 is 4.57 Å². The Bertz CT molecular complexity index is 4350. The summed E-state index contributed by atoms with van der Waals surface area (Å²) < 4.78 is 2.50. The smallest absolute Gasteiger partial charge is 0.164 e. The van der Waals surface area contributed by atoms with Crippen LogP contribution in [0.5, 0.6) is 0 Å². The number of aryl methyl sites for hydroxylation is 1. The van der Waals surface area contributed by atoms with Gasteiger partial charge in [0.05, 0.1) is 11.0 Å². The fourth-order valence-electron chi connectivity index (χ4n) is 13.1. The molecule has 77 heavy (non-hydrogen) atoms. The lowest BCUT2D eigenvalue weighted by Gasteiger charge is -2.23. The number of nitrogens with zero attached hydrogens (tertiary/aromatic N) is 4. The predicted molar refractivity (Wildman–Crippen MR) is 319 cm³/mol. The first-order valence-electron chi connectivity index (χ1n) is 27.2. The lowest BCUT2D eigenvalue weighted by Crippen LogP contribution is -2.15. The maximum Gasteiger partial charge on any atom is 0.164 e. The quantitative estimate of drug-likeness (QED) is 0.160. The fraction of sp³-hybridized carbons (Fsp3) is 0.110. The summed E-state index contributed by atoms with van der Waals surface area (Å²) in [5, 5.41) is 5.02. The Morgan fingerprint density at radius 2 is 1.09 bits per heavy atom. The van der Waals surface area contributed by atoms with Gasteiger partial charge in [0.2, 0.25) is 0 Å². The Morgan fingerprint density at radius 1 is 0.442 bits per heavy atom. The van der Waals surface area contributed by atoms with E-state index in [9.17, 15) is 0 Å². The highest BCUT2D eigenvalue weighted by atomic mass is 15.0. The van der Waals surface area contributed by atoms with Gasteiger partial charge in [0, 0.05) is 44.5 Å². The van der Waals surface area contributed by atoms with Crippen LogP contribution in [0.3, 0.4) is 0 Å². The molecule has 0 amide bonds. The lowest BCUT2D eigenvalue weighted by molar-refractivity contribution is 0.667. The van der Waals surface area contributed by atoms with Gasteiger partial charge in [0.15, 0.2) is 17.5 Å². The van der Waals surface area contributed by atoms with Gasteiger partial charge in [0.25, 0.3) is 0 Å². The zero-order chi connectivity index (χ0) is 51.2. The van der Waals surface area contributed by atoms with Crippen LogP contribution in [0.25, 0.3) is 117 Å². The van der Waals surface area contributed by atoms with Crippen LogP contribution in [0.1, 0.15) is 61.3 Å². The molecule has 0 fully saturated rings. The molecule has 366 valence electrons. The summed E-state index contributed by atoms with van der Waals surface area (Å²) >= 11 is 0. The van der Waals surface area contributed by atoms with Crippen molar-refractivity contribution in [3.05, 3.63) is 264 Å². The second kappa shape index (κ2) is 18.0. The topological polar surface area (TPSA) is 43.6 Å². The van der Waals surface area contributed by atoms with Crippen molar-refractivity contribution in [3.8, 4) is 84.4 Å². The van der Waals surface area contributed by atoms with Crippen molar-refractivity contribution in [2.24, 2.45) is 0 Å². The standard InChI is InChI=1S/C73H54N4/c1-73(2)66-45-68-65(44-63(66)61-37-34-48-23-15-16-28-58(48)69(61)73)64-43-53(52-32-31-49-33-36-57(47-21-9-4-10-22-47)59-29-17-18-30-60(59)62(49)42-52)35-38-67(64)77(68)56-40-54(46-19-7-3-8-20-46)39-55(41-56)72-75-70(50-24-11-5-12-25-50)74-71(76-72)51-26-13-6-14-27-51/h3,5-9,11-32,34-35,37-45,57H,4,10,33,36H2,1-2H3. The second-order valence-electron chi connectivity index (χ2n) is 21.7. The molecule has 12 aromatic rings. The molecule has 1 unspecified atom stereocenters. The normalized spacial score (nSPS) is 15.2. The van der Waals surface area contributed by atoms with Crippen molar-refractivity contribution >= 4 is 32.6 Å². The van der Waals surface area contributed by atoms with E-state index in [0.717, 1.165) is 70.2 Å². The molecule has 0 saturated carbocycles. The molecule has 3 aliphatic carbocycles. The zero-order valence-corrected chi connectivity index (χ0v) is 43.2. The van der Waals surface area contributed by atoms with E-state index in [2.05, 4.69) is 219 Å². The van der Waals surface area contributed by atoms with Crippen LogP contribution in [0, 0.1) is 0 Å². The molecule has 2 aromatic heterocycles. The monoisotopic (exact) mass is 986 g/mol. The van der Waals surface area contributed by atoms with E-state index in [1.54, 1.807) is 0 Å². The molecule has 15 rings (SSSR count). The minimum Gasteiger partial charge on any atom is -0.309 e. The van der Waals surface area contributed by atoms with E-state index in [1.807, 2.05) is 36.4 Å². The largest absolute Gasteiger partial charge is 0.309 e. The van der Waals surface area contributed by atoms with Crippen molar-refractivity contribution in [2.75, 3.05) is 0 Å². The van der Waals surface area contributed by atoms with Crippen LogP contribution in [-0.2, 0) is 11.8 Å². The van der Waals surface area contributed by atoms with Gasteiger partial charge in [-0.1, -0.05) is 202 Å². The summed E-state index contributed by atoms with van der Waals surface area (Å²) in [7, 11) is 0. The molecule has 1 atom stereocenters. The average Bonchev–Trinajstić information content (AvgIpc) is 4.01. The van der Waals surface area contributed by atoms with Gasteiger partial charge in [-0.05, 0) is 157 Å². The van der Waals surface area contributed by atoms with Gasteiger partial charge >= 0.3 is 0 Å². The van der Waals surface area contributed by atoms with Gasteiger partial charge in [0.1, 0.15) is 0 Å². The third kappa shape index (κ3) is 7.53. The SMILES string of the molecule is CC1(C)c2cc3c(cc2-c2ccc4ccccc4c21)c1cc(-c2ccc4c(c2)-c2ccccc2C(C2=CCCC=C2)CC4)ccc1n3-c1cc(-c2ccccc2)cc(-c2nc(-c3ccccc3)nc(-c3ccccc3)n2)c1. The van der Waals surface area contributed by atoms with Crippen molar-refractivity contribution in [1.82, 2.24) is 19.5 Å². The highest BCUT2D eigenvalue weighted by Gasteiger charge is 2.38. The van der Waals surface area contributed by atoms with Crippen molar-refractivity contribution < 1.29 is 0 Å². The van der Waals surface area contributed by atoms with Crippen LogP contribution < -0.4 is 0 Å². The molecule has 0 aliphatic heterocycles. The molecule has 0 radical (unpaired) electrons. The maximum absolute atomic E-state index is 5.28. The number of fused-ring (bicyclic) bond motifs is 11. The molecule has 0 spiro atoms. The summed E-state index contributed by atoms with van der Waals surface area (Å²) in [6.45, 7) is 4.82. The summed E-state index contributed by atoms with van der Waals surface area (Å²) in [5.74, 6) is 2.27. The molecular formula is C73H54N4. The van der Waals surface area contributed by atoms with Crippen LogP contribution in [0.2, 0.25) is 0 Å². The maximum atomic E-state index is 5.28. The van der Waals surface area contributed by atoms with Gasteiger partial charge in [-0.25, -0.2) is 15.0 Å². The number of rotatable bonds is 7. The summed E-state index contributed by atoms with van der Waals surface area (Å²) in [6.07, 6.45) is 11.6. The van der Waals surface area contributed by atoms with Crippen molar-refractivity contribution in [2.45, 2.75) is 50.9 Å². The van der Waals surface area contributed by atoms with E-state index in [-0.39, 0.29) is 5.41 Å². The van der Waals surface area contributed by atoms with Crippen LogP contribution in [-0.4, -0.2) is 19.5 Å². The molecule has 4 nitrogen and oxygen atoms in total. The van der Waals surface area contributed by atoms with Gasteiger partial charge in [-0.3, -0.25) is 0 Å². The van der Waals surface area contributed by atoms with E-state index in [0.29, 0.717) is 23.4 Å². The summed E-state index contributed by atoms with van der Waals surface area (Å²) in [4.78, 5) is 15.6. The Balaban J connectivity index is 0.967. The molecule has 0 saturated heterocycles. The molecule has 4 heteroatoms. The van der Waals surface area contributed by atoms with E-state index in [4.69, 9.17) is 15.0 Å². The number of hydrogen-bond acceptors (Lipinski definition) is 3. The first-order valence-corrected chi connectivity index (χ1v) is 27.2. The zero-order valence-electron chi connectivity index (χ0n) is 43.2. The van der Waals surface area contributed by atoms with Crippen molar-refractivity contribution in [1.29, 1.82) is 0 Å². The summed E-state index contributed by atoms with van der Waals surface area (Å²) in [6, 6.07) is 80.2. The lowest BCUT2D eigenvalue weighted by atomic mass is 9.80.